The van der Waals surface area contributed by atoms with Crippen molar-refractivity contribution in [2.24, 2.45) is 5.73 Å². The van der Waals surface area contributed by atoms with Gasteiger partial charge < -0.3 is 11.1 Å². The number of hydrogen-bond acceptors (Lipinski definition) is 5. The Kier molecular flexibility index (Phi) is 2.99. The summed E-state index contributed by atoms with van der Waals surface area (Å²) in [6, 6.07) is 0. The summed E-state index contributed by atoms with van der Waals surface area (Å²) in [6.07, 6.45) is 2.47. The Hall–Kier alpha value is -0.680. The van der Waals surface area contributed by atoms with Gasteiger partial charge in [0.05, 0.1) is 0 Å². The Bertz CT molecular complexity index is 214. The highest BCUT2D eigenvalue weighted by Crippen LogP contribution is 2.08. The van der Waals surface area contributed by atoms with E-state index < -0.39 is 0 Å². The molecule has 0 amide bonds. The first-order valence-electron chi connectivity index (χ1n) is 3.87. The van der Waals surface area contributed by atoms with Crippen LogP contribution in [0.15, 0.2) is 6.33 Å². The molecule has 0 bridgehead atoms. The summed E-state index contributed by atoms with van der Waals surface area (Å²) in [4.78, 5) is 3.99. The summed E-state index contributed by atoms with van der Waals surface area (Å²) in [6.45, 7) is 4.86. The van der Waals surface area contributed by atoms with Gasteiger partial charge in [-0.15, -0.1) is 0 Å². The van der Waals surface area contributed by atoms with Crippen LogP contribution in [0.1, 0.15) is 20.3 Å². The minimum atomic E-state index is -0.113. The van der Waals surface area contributed by atoms with Gasteiger partial charge in [-0.3, -0.25) is 0 Å². The number of aromatic nitrogens is 2. The first kappa shape index (κ1) is 9.41. The van der Waals surface area contributed by atoms with E-state index in [2.05, 4.69) is 14.7 Å². The van der Waals surface area contributed by atoms with Crippen molar-refractivity contribution in [3.63, 3.8) is 0 Å². The molecule has 0 unspecified atom stereocenters. The smallest absolute Gasteiger partial charge is 0.202 e. The van der Waals surface area contributed by atoms with Crippen LogP contribution in [0.25, 0.3) is 0 Å². The van der Waals surface area contributed by atoms with E-state index in [4.69, 9.17) is 5.73 Å². The van der Waals surface area contributed by atoms with Gasteiger partial charge in [0.15, 0.2) is 0 Å². The lowest BCUT2D eigenvalue weighted by Crippen LogP contribution is -2.34. The molecule has 0 fully saturated rings. The van der Waals surface area contributed by atoms with Crippen LogP contribution in [0.3, 0.4) is 0 Å². The third-order valence-corrected chi connectivity index (χ3v) is 2.03. The molecule has 0 aliphatic heterocycles. The van der Waals surface area contributed by atoms with Crippen LogP contribution < -0.4 is 11.1 Å². The molecule has 1 aromatic heterocycles. The van der Waals surface area contributed by atoms with Crippen molar-refractivity contribution in [3.05, 3.63) is 6.33 Å². The quantitative estimate of drug-likeness (QED) is 0.738. The van der Waals surface area contributed by atoms with Crippen molar-refractivity contribution >= 4 is 16.7 Å². The maximum atomic E-state index is 5.80. The van der Waals surface area contributed by atoms with Gasteiger partial charge in [-0.1, -0.05) is 0 Å². The highest BCUT2D eigenvalue weighted by molar-refractivity contribution is 7.09. The summed E-state index contributed by atoms with van der Waals surface area (Å²) < 4.78 is 3.87. The molecular weight excluding hydrogens is 172 g/mol. The average Bonchev–Trinajstić information content (AvgIpc) is 2.36. The van der Waals surface area contributed by atoms with E-state index in [0.29, 0.717) is 0 Å². The molecule has 4 nitrogen and oxygen atoms in total. The summed E-state index contributed by atoms with van der Waals surface area (Å²) in [5.41, 5.74) is 5.69. The lowest BCUT2D eigenvalue weighted by atomic mass is 10.0. The zero-order valence-corrected chi connectivity index (χ0v) is 8.19. The molecule has 0 aliphatic carbocycles. The number of anilines is 1. The molecule has 1 aromatic rings. The first-order valence-corrected chi connectivity index (χ1v) is 4.65. The van der Waals surface area contributed by atoms with E-state index >= 15 is 0 Å². The molecule has 0 saturated heterocycles. The number of hydrogen-bond donors (Lipinski definition) is 2. The van der Waals surface area contributed by atoms with E-state index in [-0.39, 0.29) is 5.54 Å². The van der Waals surface area contributed by atoms with Crippen LogP contribution in [-0.4, -0.2) is 21.4 Å². The summed E-state index contributed by atoms with van der Waals surface area (Å²) in [5.74, 6) is 0. The van der Waals surface area contributed by atoms with Crippen molar-refractivity contribution < 1.29 is 0 Å². The fraction of sp³-hybridized carbons (Fsp3) is 0.714. The van der Waals surface area contributed by atoms with Crippen molar-refractivity contribution in [3.8, 4) is 0 Å². The first-order chi connectivity index (χ1) is 5.58. The maximum Gasteiger partial charge on any atom is 0.202 e. The number of nitrogens with two attached hydrogens (primary N) is 1. The van der Waals surface area contributed by atoms with Crippen molar-refractivity contribution in [2.45, 2.75) is 25.8 Å². The molecule has 0 aliphatic rings. The van der Waals surface area contributed by atoms with E-state index in [1.54, 1.807) is 6.33 Å². The predicted molar refractivity (Wildman–Crippen MR) is 51.3 cm³/mol. The van der Waals surface area contributed by atoms with Gasteiger partial charge in [0.1, 0.15) is 6.33 Å². The van der Waals surface area contributed by atoms with Crippen LogP contribution in [0.5, 0.6) is 0 Å². The number of rotatable bonds is 4. The van der Waals surface area contributed by atoms with Crippen molar-refractivity contribution in [1.82, 2.24) is 9.36 Å². The van der Waals surface area contributed by atoms with Gasteiger partial charge in [0, 0.05) is 23.6 Å². The van der Waals surface area contributed by atoms with Crippen LogP contribution >= 0.6 is 11.5 Å². The second-order valence-corrected chi connectivity index (χ2v) is 4.19. The lowest BCUT2D eigenvalue weighted by molar-refractivity contribution is 0.491. The van der Waals surface area contributed by atoms with Gasteiger partial charge in [0.2, 0.25) is 5.13 Å². The zero-order valence-electron chi connectivity index (χ0n) is 7.37. The Balaban J connectivity index is 2.20. The maximum absolute atomic E-state index is 5.80. The number of nitrogens with zero attached hydrogens (tertiary/aromatic N) is 2. The normalized spacial score (nSPS) is 11.6. The molecule has 0 saturated carbocycles. The minimum absolute atomic E-state index is 0.113. The molecule has 1 rings (SSSR count). The van der Waals surface area contributed by atoms with E-state index in [1.165, 1.54) is 11.5 Å². The lowest BCUT2D eigenvalue weighted by Gasteiger charge is -2.17. The fourth-order valence-electron chi connectivity index (χ4n) is 0.743. The molecule has 1 heterocycles. The van der Waals surface area contributed by atoms with Crippen LogP contribution in [0, 0.1) is 0 Å². The molecule has 0 aromatic carbocycles. The van der Waals surface area contributed by atoms with Gasteiger partial charge >= 0.3 is 0 Å². The third kappa shape index (κ3) is 3.64. The highest BCUT2D eigenvalue weighted by Gasteiger charge is 2.09. The second kappa shape index (κ2) is 3.82. The fourth-order valence-corrected chi connectivity index (χ4v) is 1.20. The summed E-state index contributed by atoms with van der Waals surface area (Å²) in [5, 5.41) is 4.01. The van der Waals surface area contributed by atoms with E-state index in [0.717, 1.165) is 18.1 Å². The average molecular weight is 186 g/mol. The van der Waals surface area contributed by atoms with Gasteiger partial charge in [-0.05, 0) is 20.3 Å². The molecule has 3 N–H and O–H groups in total. The number of nitrogens with one attached hydrogen (secondary N) is 1. The Labute approximate surface area is 76.4 Å². The standard InChI is InChI=1S/C7H14N4S/c1-7(2,8)3-4-9-6-10-5-11-12-6/h5H,3-4,8H2,1-2H3,(H,9,10,11). The van der Waals surface area contributed by atoms with Crippen molar-refractivity contribution in [1.29, 1.82) is 0 Å². The molecular formula is C7H14N4S. The highest BCUT2D eigenvalue weighted by atomic mass is 32.1. The molecule has 12 heavy (non-hydrogen) atoms. The Morgan fingerprint density at radius 2 is 2.42 bits per heavy atom. The van der Waals surface area contributed by atoms with Crippen molar-refractivity contribution in [2.75, 3.05) is 11.9 Å². The van der Waals surface area contributed by atoms with Crippen LogP contribution in [0.4, 0.5) is 5.13 Å². The molecule has 5 heteroatoms. The molecule has 0 atom stereocenters. The van der Waals surface area contributed by atoms with Crippen LogP contribution in [0.2, 0.25) is 0 Å². The van der Waals surface area contributed by atoms with E-state index in [9.17, 15) is 0 Å². The molecule has 0 spiro atoms. The second-order valence-electron chi connectivity index (χ2n) is 3.41. The van der Waals surface area contributed by atoms with E-state index in [1.807, 2.05) is 13.8 Å². The summed E-state index contributed by atoms with van der Waals surface area (Å²) in [7, 11) is 0. The van der Waals surface area contributed by atoms with Gasteiger partial charge in [0.25, 0.3) is 0 Å². The van der Waals surface area contributed by atoms with Gasteiger partial charge in [-0.2, -0.15) is 4.37 Å². The minimum Gasteiger partial charge on any atom is -0.360 e. The topological polar surface area (TPSA) is 63.8 Å². The summed E-state index contributed by atoms with van der Waals surface area (Å²) >= 11 is 1.36. The zero-order chi connectivity index (χ0) is 9.03. The largest absolute Gasteiger partial charge is 0.360 e. The molecule has 0 radical (unpaired) electrons. The van der Waals surface area contributed by atoms with Gasteiger partial charge in [-0.25, -0.2) is 4.98 Å². The Morgan fingerprint density at radius 1 is 1.67 bits per heavy atom. The van der Waals surface area contributed by atoms with Crippen LogP contribution in [-0.2, 0) is 0 Å². The SMILES string of the molecule is CC(C)(N)CCNc1ncns1. The third-order valence-electron chi connectivity index (χ3n) is 1.41. The predicted octanol–water partition coefficient (Wildman–Crippen LogP) is 1.08. The molecule has 68 valence electrons. The Morgan fingerprint density at radius 3 is 2.92 bits per heavy atom. The monoisotopic (exact) mass is 186 g/mol.